The van der Waals surface area contributed by atoms with E-state index in [-0.39, 0.29) is 0 Å². The molecular formula is C17H29N3O4S2. The monoisotopic (exact) mass is 403 g/mol. The molecule has 1 aliphatic heterocycles. The van der Waals surface area contributed by atoms with Crippen LogP contribution in [0.25, 0.3) is 0 Å². The molecule has 0 unspecified atom stereocenters. The third-order valence-electron chi connectivity index (χ3n) is 4.53. The van der Waals surface area contributed by atoms with Crippen LogP contribution in [0.5, 0.6) is 0 Å². The minimum atomic E-state index is -3.46. The van der Waals surface area contributed by atoms with Crippen LogP contribution in [-0.4, -0.2) is 71.6 Å². The van der Waals surface area contributed by atoms with Gasteiger partial charge in [-0.1, -0.05) is 26.0 Å². The van der Waals surface area contributed by atoms with Crippen molar-refractivity contribution in [1.29, 1.82) is 0 Å². The second kappa shape index (κ2) is 8.79. The van der Waals surface area contributed by atoms with E-state index >= 15 is 0 Å². The largest absolute Gasteiger partial charge is 0.301 e. The average molecular weight is 404 g/mol. The van der Waals surface area contributed by atoms with Crippen LogP contribution in [0, 0.1) is 0 Å². The van der Waals surface area contributed by atoms with Gasteiger partial charge in [0.2, 0.25) is 20.0 Å². The number of piperazine rings is 1. The summed E-state index contributed by atoms with van der Waals surface area (Å²) in [4.78, 5) is 2.50. The van der Waals surface area contributed by atoms with Crippen LogP contribution in [0.2, 0.25) is 0 Å². The Labute approximate surface area is 157 Å². The van der Waals surface area contributed by atoms with Crippen molar-refractivity contribution in [2.45, 2.75) is 31.1 Å². The Morgan fingerprint density at radius 2 is 1.58 bits per heavy atom. The van der Waals surface area contributed by atoms with Crippen LogP contribution in [0.3, 0.4) is 0 Å². The molecule has 2 rings (SSSR count). The molecule has 148 valence electrons. The van der Waals surface area contributed by atoms with Gasteiger partial charge < -0.3 is 4.90 Å². The first-order valence-electron chi connectivity index (χ1n) is 8.87. The van der Waals surface area contributed by atoms with Gasteiger partial charge in [0.05, 0.1) is 11.2 Å². The maximum atomic E-state index is 12.8. The fraction of sp³-hybridized carbons (Fsp3) is 0.647. The van der Waals surface area contributed by atoms with Gasteiger partial charge >= 0.3 is 0 Å². The summed E-state index contributed by atoms with van der Waals surface area (Å²) in [5.41, 5.74) is 1.12. The predicted molar refractivity (Wildman–Crippen MR) is 103 cm³/mol. The van der Waals surface area contributed by atoms with Gasteiger partial charge in [-0.05, 0) is 36.6 Å². The lowest BCUT2D eigenvalue weighted by molar-refractivity contribution is 0.187. The molecule has 1 aliphatic rings. The zero-order chi connectivity index (χ0) is 19.4. The van der Waals surface area contributed by atoms with Crippen LogP contribution >= 0.6 is 0 Å². The lowest BCUT2D eigenvalue weighted by Crippen LogP contribution is -2.49. The highest BCUT2D eigenvalue weighted by Gasteiger charge is 2.28. The Bertz CT molecular complexity index is 782. The average Bonchev–Trinajstić information content (AvgIpc) is 2.58. The second-order valence-electron chi connectivity index (χ2n) is 6.99. The van der Waals surface area contributed by atoms with Gasteiger partial charge in [-0.15, -0.1) is 0 Å². The summed E-state index contributed by atoms with van der Waals surface area (Å²) in [6.45, 7) is 7.52. The van der Waals surface area contributed by atoms with E-state index in [4.69, 9.17) is 0 Å². The Kier molecular flexibility index (Phi) is 7.20. The van der Waals surface area contributed by atoms with Gasteiger partial charge in [0.1, 0.15) is 0 Å². The summed E-state index contributed by atoms with van der Waals surface area (Å²) in [5.74, 6) is 0.368. The molecule has 1 N–H and O–H groups in total. The lowest BCUT2D eigenvalue weighted by Gasteiger charge is -2.34. The van der Waals surface area contributed by atoms with E-state index in [1.165, 1.54) is 4.31 Å². The molecule has 0 spiro atoms. The summed E-state index contributed by atoms with van der Waals surface area (Å²) in [6.07, 6.45) is 1.85. The first kappa shape index (κ1) is 21.3. The van der Waals surface area contributed by atoms with Gasteiger partial charge in [0.25, 0.3) is 0 Å². The first-order chi connectivity index (χ1) is 12.1. The molecule has 7 nitrogen and oxygen atoms in total. The lowest BCUT2D eigenvalue weighted by atomic mass is 10.0. The molecule has 9 heteroatoms. The molecule has 1 saturated heterocycles. The van der Waals surface area contributed by atoms with E-state index < -0.39 is 20.0 Å². The second-order valence-corrected chi connectivity index (χ2v) is 10.8. The van der Waals surface area contributed by atoms with Crippen molar-refractivity contribution in [3.05, 3.63) is 29.8 Å². The van der Waals surface area contributed by atoms with Crippen LogP contribution in [0.1, 0.15) is 31.7 Å². The Balaban J connectivity index is 1.86. The molecule has 0 amide bonds. The number of nitrogens with zero attached hydrogens (tertiary/aromatic N) is 2. The molecule has 1 aromatic rings. The maximum Gasteiger partial charge on any atom is 0.243 e. The summed E-state index contributed by atoms with van der Waals surface area (Å²) in [5, 5.41) is 0. The fourth-order valence-corrected chi connectivity index (χ4v) is 4.86. The highest BCUT2D eigenvalue weighted by molar-refractivity contribution is 7.89. The normalized spacial score (nSPS) is 17.7. The number of hydrogen-bond acceptors (Lipinski definition) is 5. The smallest absolute Gasteiger partial charge is 0.243 e. The van der Waals surface area contributed by atoms with Crippen LogP contribution in [-0.2, 0) is 20.0 Å². The van der Waals surface area contributed by atoms with E-state index in [2.05, 4.69) is 23.5 Å². The third kappa shape index (κ3) is 6.02. The summed E-state index contributed by atoms with van der Waals surface area (Å²) in [6, 6.07) is 7.13. The summed E-state index contributed by atoms with van der Waals surface area (Å²) in [7, 11) is -6.61. The van der Waals surface area contributed by atoms with Gasteiger partial charge in [0, 0.05) is 32.7 Å². The topological polar surface area (TPSA) is 86.8 Å². The van der Waals surface area contributed by atoms with E-state index in [0.29, 0.717) is 50.0 Å². The molecule has 1 heterocycles. The highest BCUT2D eigenvalue weighted by atomic mass is 32.2. The van der Waals surface area contributed by atoms with E-state index in [1.807, 2.05) is 12.1 Å². The molecular weight excluding hydrogens is 374 g/mol. The van der Waals surface area contributed by atoms with Crippen molar-refractivity contribution >= 4 is 20.0 Å². The SMILES string of the molecule is CC(C)c1ccc(S(=O)(=O)N2CCN(CCCNS(C)(=O)=O)CC2)cc1. The maximum absolute atomic E-state index is 12.8. The van der Waals surface area contributed by atoms with Crippen molar-refractivity contribution in [1.82, 2.24) is 13.9 Å². The Morgan fingerprint density at radius 1 is 1.00 bits per heavy atom. The highest BCUT2D eigenvalue weighted by Crippen LogP contribution is 2.21. The van der Waals surface area contributed by atoms with Gasteiger partial charge in [-0.3, -0.25) is 0 Å². The molecule has 0 aliphatic carbocycles. The quantitative estimate of drug-likeness (QED) is 0.656. The van der Waals surface area contributed by atoms with Crippen LogP contribution < -0.4 is 4.72 Å². The molecule has 0 saturated carbocycles. The molecule has 26 heavy (non-hydrogen) atoms. The number of rotatable bonds is 8. The van der Waals surface area contributed by atoms with Crippen molar-refractivity contribution in [2.75, 3.05) is 45.5 Å². The number of sulfonamides is 2. The molecule has 1 fully saturated rings. The van der Waals surface area contributed by atoms with Gasteiger partial charge in [-0.2, -0.15) is 4.31 Å². The van der Waals surface area contributed by atoms with Crippen molar-refractivity contribution in [3.8, 4) is 0 Å². The zero-order valence-corrected chi connectivity index (χ0v) is 17.3. The minimum Gasteiger partial charge on any atom is -0.301 e. The molecule has 0 radical (unpaired) electrons. The zero-order valence-electron chi connectivity index (χ0n) is 15.7. The van der Waals surface area contributed by atoms with Crippen molar-refractivity contribution in [3.63, 3.8) is 0 Å². The molecule has 0 atom stereocenters. The Hall–Kier alpha value is -1.00. The molecule has 1 aromatic carbocycles. The van der Waals surface area contributed by atoms with E-state index in [0.717, 1.165) is 18.4 Å². The van der Waals surface area contributed by atoms with Gasteiger partial charge in [-0.25, -0.2) is 21.6 Å². The minimum absolute atomic E-state index is 0.340. The predicted octanol–water partition coefficient (Wildman–Crippen LogP) is 1.06. The van der Waals surface area contributed by atoms with E-state index in [9.17, 15) is 16.8 Å². The number of hydrogen-bond donors (Lipinski definition) is 1. The van der Waals surface area contributed by atoms with Crippen LogP contribution in [0.4, 0.5) is 0 Å². The molecule has 0 bridgehead atoms. The Morgan fingerprint density at radius 3 is 2.08 bits per heavy atom. The summed E-state index contributed by atoms with van der Waals surface area (Å²) >= 11 is 0. The summed E-state index contributed by atoms with van der Waals surface area (Å²) < 4.78 is 51.6. The molecule has 0 aromatic heterocycles. The number of benzene rings is 1. The van der Waals surface area contributed by atoms with Gasteiger partial charge in [0.15, 0.2) is 0 Å². The van der Waals surface area contributed by atoms with Crippen molar-refractivity contribution < 1.29 is 16.8 Å². The van der Waals surface area contributed by atoms with Crippen LogP contribution in [0.15, 0.2) is 29.2 Å². The third-order valence-corrected chi connectivity index (χ3v) is 7.17. The standard InChI is InChI=1S/C17H29N3O4S2/c1-15(2)16-5-7-17(8-6-16)26(23,24)20-13-11-19(12-14-20)10-4-9-18-25(3,21)22/h5-8,15,18H,4,9-14H2,1-3H3. The first-order valence-corrected chi connectivity index (χ1v) is 12.2. The fourth-order valence-electron chi connectivity index (χ4n) is 2.93. The number of nitrogens with one attached hydrogen (secondary N) is 1. The van der Waals surface area contributed by atoms with Crippen molar-refractivity contribution in [2.24, 2.45) is 0 Å². The van der Waals surface area contributed by atoms with E-state index in [1.54, 1.807) is 12.1 Å².